The number of alkyl halides is 3. The van der Waals surface area contributed by atoms with Crippen LogP contribution in [0.5, 0.6) is 11.6 Å². The van der Waals surface area contributed by atoms with E-state index in [4.69, 9.17) is 10.5 Å². The Balaban J connectivity index is 0.00000289. The van der Waals surface area contributed by atoms with Crippen LogP contribution in [-0.4, -0.2) is 22.5 Å². The number of rotatable bonds is 4. The van der Waals surface area contributed by atoms with E-state index in [1.165, 1.54) is 23.4 Å². The van der Waals surface area contributed by atoms with Gasteiger partial charge in [-0.1, -0.05) is 6.07 Å². The van der Waals surface area contributed by atoms with E-state index in [9.17, 15) is 18.0 Å². The lowest BCUT2D eigenvalue weighted by atomic mass is 10.1. The van der Waals surface area contributed by atoms with Crippen molar-refractivity contribution in [1.82, 2.24) is 9.97 Å². The molecule has 2 aromatic carbocycles. The topological polar surface area (TPSA) is 93.4 Å². The van der Waals surface area contributed by atoms with Gasteiger partial charge in [0.15, 0.2) is 0 Å². The van der Waals surface area contributed by atoms with Crippen LogP contribution in [0.15, 0.2) is 54.9 Å². The van der Waals surface area contributed by atoms with E-state index in [-0.39, 0.29) is 24.6 Å². The van der Waals surface area contributed by atoms with Gasteiger partial charge in [-0.2, -0.15) is 13.2 Å². The summed E-state index contributed by atoms with van der Waals surface area (Å²) in [6.07, 6.45) is -2.53. The molecule has 1 aromatic heterocycles. The minimum absolute atomic E-state index is 0. The highest BCUT2D eigenvalue weighted by Gasteiger charge is 2.31. The van der Waals surface area contributed by atoms with Gasteiger partial charge in [-0.05, 0) is 48.4 Å². The molecule has 0 atom stereocenters. The van der Waals surface area contributed by atoms with Gasteiger partial charge in [0, 0.05) is 30.5 Å². The largest absolute Gasteiger partial charge is 0.439 e. The van der Waals surface area contributed by atoms with Gasteiger partial charge in [0.1, 0.15) is 12.1 Å². The van der Waals surface area contributed by atoms with Gasteiger partial charge >= 0.3 is 12.2 Å². The predicted molar refractivity (Wildman–Crippen MR) is 115 cm³/mol. The fourth-order valence-electron chi connectivity index (χ4n) is 3.28. The van der Waals surface area contributed by atoms with Gasteiger partial charge in [-0.25, -0.2) is 14.8 Å². The van der Waals surface area contributed by atoms with Crippen molar-refractivity contribution >= 4 is 29.8 Å². The number of halogens is 4. The van der Waals surface area contributed by atoms with E-state index in [1.807, 2.05) is 0 Å². The first kappa shape index (κ1) is 23.3. The van der Waals surface area contributed by atoms with Crippen molar-refractivity contribution in [1.29, 1.82) is 0 Å². The zero-order chi connectivity index (χ0) is 22.0. The summed E-state index contributed by atoms with van der Waals surface area (Å²) in [7, 11) is 0. The first-order valence-corrected chi connectivity index (χ1v) is 9.41. The normalized spacial score (nSPS) is 12.7. The second-order valence-corrected chi connectivity index (χ2v) is 6.85. The van der Waals surface area contributed by atoms with Gasteiger partial charge in [0.05, 0.1) is 11.3 Å². The molecule has 4 rings (SSSR count). The SMILES string of the molecule is Cl.NCc1cc(Oc2ccc3c(c2)CCN3C(=O)Nc2cccc(C(F)(F)F)c2)ncn1. The summed E-state index contributed by atoms with van der Waals surface area (Å²) in [6, 6.07) is 10.9. The molecule has 2 amide bonds. The number of nitrogens with zero attached hydrogens (tertiary/aromatic N) is 3. The fraction of sp³-hybridized carbons (Fsp3) is 0.190. The van der Waals surface area contributed by atoms with Crippen molar-refractivity contribution in [2.24, 2.45) is 5.73 Å². The van der Waals surface area contributed by atoms with Gasteiger partial charge in [-0.3, -0.25) is 4.90 Å². The summed E-state index contributed by atoms with van der Waals surface area (Å²) < 4.78 is 44.4. The lowest BCUT2D eigenvalue weighted by Gasteiger charge is -2.19. The number of hydrogen-bond donors (Lipinski definition) is 2. The minimum atomic E-state index is -4.48. The molecule has 0 saturated heterocycles. The van der Waals surface area contributed by atoms with Gasteiger partial charge < -0.3 is 15.8 Å². The number of nitrogens with one attached hydrogen (secondary N) is 1. The van der Waals surface area contributed by atoms with E-state index < -0.39 is 17.8 Å². The summed E-state index contributed by atoms with van der Waals surface area (Å²) in [6.45, 7) is 0.660. The number of anilines is 2. The molecule has 0 aliphatic carbocycles. The zero-order valence-corrected chi connectivity index (χ0v) is 17.4. The zero-order valence-electron chi connectivity index (χ0n) is 16.6. The Morgan fingerprint density at radius 1 is 1.16 bits per heavy atom. The summed E-state index contributed by atoms with van der Waals surface area (Å²) in [5, 5.41) is 2.53. The third kappa shape index (κ3) is 5.09. The third-order valence-electron chi connectivity index (χ3n) is 4.76. The molecule has 1 aliphatic heterocycles. The van der Waals surface area contributed by atoms with Gasteiger partial charge in [0.2, 0.25) is 5.88 Å². The minimum Gasteiger partial charge on any atom is -0.439 e. The van der Waals surface area contributed by atoms with Crippen molar-refractivity contribution in [3.63, 3.8) is 0 Å². The molecular formula is C21H19ClF3N5O2. The molecule has 0 radical (unpaired) electrons. The summed E-state index contributed by atoms with van der Waals surface area (Å²) in [5.41, 5.74) is 7.01. The number of fused-ring (bicyclic) bond motifs is 1. The summed E-state index contributed by atoms with van der Waals surface area (Å²) in [5.74, 6) is 0.896. The average Bonchev–Trinajstić information content (AvgIpc) is 3.17. The van der Waals surface area contributed by atoms with Crippen LogP contribution >= 0.6 is 12.4 Å². The van der Waals surface area contributed by atoms with E-state index in [0.29, 0.717) is 36.0 Å². The van der Waals surface area contributed by atoms with Crippen LogP contribution in [0, 0.1) is 0 Å². The van der Waals surface area contributed by atoms with E-state index >= 15 is 0 Å². The van der Waals surface area contributed by atoms with Crippen LogP contribution in [-0.2, 0) is 19.1 Å². The van der Waals surface area contributed by atoms with Crippen molar-refractivity contribution in [2.75, 3.05) is 16.8 Å². The maximum atomic E-state index is 12.9. The first-order valence-electron chi connectivity index (χ1n) is 9.41. The molecule has 3 aromatic rings. The van der Waals surface area contributed by atoms with Crippen LogP contribution in [0.3, 0.4) is 0 Å². The van der Waals surface area contributed by atoms with Crippen LogP contribution < -0.4 is 20.7 Å². The maximum absolute atomic E-state index is 12.9. The van der Waals surface area contributed by atoms with Crippen LogP contribution in [0.1, 0.15) is 16.8 Å². The second kappa shape index (κ2) is 9.41. The number of carbonyl (C=O) groups excluding carboxylic acids is 1. The molecule has 0 bridgehead atoms. The fourth-order valence-corrected chi connectivity index (χ4v) is 3.28. The van der Waals surface area contributed by atoms with Gasteiger partial charge in [-0.15, -0.1) is 12.4 Å². The Morgan fingerprint density at radius 3 is 2.72 bits per heavy atom. The van der Waals surface area contributed by atoms with Crippen molar-refractivity contribution in [2.45, 2.75) is 19.1 Å². The van der Waals surface area contributed by atoms with Gasteiger partial charge in [0.25, 0.3) is 0 Å². The van der Waals surface area contributed by atoms with Crippen LogP contribution in [0.25, 0.3) is 0 Å². The lowest BCUT2D eigenvalue weighted by Crippen LogP contribution is -2.33. The summed E-state index contributed by atoms with van der Waals surface area (Å²) in [4.78, 5) is 22.2. The number of benzene rings is 2. The van der Waals surface area contributed by atoms with Crippen molar-refractivity contribution in [3.05, 3.63) is 71.7 Å². The second-order valence-electron chi connectivity index (χ2n) is 6.85. The Hall–Kier alpha value is -3.37. The number of aromatic nitrogens is 2. The molecule has 32 heavy (non-hydrogen) atoms. The van der Waals surface area contributed by atoms with Crippen molar-refractivity contribution < 1.29 is 22.7 Å². The molecule has 2 heterocycles. The number of amides is 2. The lowest BCUT2D eigenvalue weighted by molar-refractivity contribution is -0.137. The maximum Gasteiger partial charge on any atom is 0.416 e. The molecule has 3 N–H and O–H groups in total. The van der Waals surface area contributed by atoms with E-state index in [1.54, 1.807) is 24.3 Å². The van der Waals surface area contributed by atoms with E-state index in [0.717, 1.165) is 17.7 Å². The smallest absolute Gasteiger partial charge is 0.416 e. The number of ether oxygens (including phenoxy) is 1. The number of urea groups is 1. The molecule has 0 unspecified atom stereocenters. The number of hydrogen-bond acceptors (Lipinski definition) is 5. The molecule has 0 fully saturated rings. The average molecular weight is 466 g/mol. The van der Waals surface area contributed by atoms with Crippen LogP contribution in [0.2, 0.25) is 0 Å². The number of carbonyl (C=O) groups is 1. The monoisotopic (exact) mass is 465 g/mol. The van der Waals surface area contributed by atoms with Crippen LogP contribution in [0.4, 0.5) is 29.3 Å². The molecule has 0 saturated carbocycles. The number of nitrogens with two attached hydrogens (primary N) is 1. The molecule has 0 spiro atoms. The van der Waals surface area contributed by atoms with Crippen molar-refractivity contribution in [3.8, 4) is 11.6 Å². The molecule has 11 heteroatoms. The predicted octanol–water partition coefficient (Wildman–Crippen LogP) is 4.76. The molecular weight excluding hydrogens is 447 g/mol. The molecule has 168 valence electrons. The third-order valence-corrected chi connectivity index (χ3v) is 4.76. The first-order chi connectivity index (χ1) is 14.8. The summed E-state index contributed by atoms with van der Waals surface area (Å²) >= 11 is 0. The standard InChI is InChI=1S/C21H18F3N5O2.ClH/c22-21(23,24)14-2-1-3-15(9-14)28-20(30)29-7-6-13-8-17(4-5-18(13)29)31-19-10-16(11-25)26-12-27-19;/h1-5,8-10,12H,6-7,11,25H2,(H,28,30);1H. The Kier molecular flexibility index (Phi) is 6.85. The Labute approximate surface area is 187 Å². The highest BCUT2D eigenvalue weighted by Crippen LogP contribution is 2.34. The molecule has 1 aliphatic rings. The Bertz CT molecular complexity index is 1130. The quantitative estimate of drug-likeness (QED) is 0.579. The molecule has 7 nitrogen and oxygen atoms in total. The highest BCUT2D eigenvalue weighted by molar-refractivity contribution is 6.03. The Morgan fingerprint density at radius 2 is 1.97 bits per heavy atom. The highest BCUT2D eigenvalue weighted by atomic mass is 35.5. The van der Waals surface area contributed by atoms with E-state index in [2.05, 4.69) is 15.3 Å².